The van der Waals surface area contributed by atoms with Gasteiger partial charge >= 0.3 is 0 Å². The van der Waals surface area contributed by atoms with E-state index in [1.165, 1.54) is 0 Å². The molecule has 2 N–H and O–H groups in total. The van der Waals surface area contributed by atoms with Crippen molar-refractivity contribution in [2.45, 2.75) is 0 Å². The summed E-state index contributed by atoms with van der Waals surface area (Å²) in [5.74, 6) is 0. The van der Waals surface area contributed by atoms with E-state index in [2.05, 4.69) is 0 Å². The average Bonchev–Trinajstić information content (AvgIpc) is 0. The minimum absolute atomic E-state index is 0. The third-order valence-corrected chi connectivity index (χ3v) is 0. The molecule has 0 aromatic rings. The molecule has 0 saturated heterocycles. The molecule has 0 fully saturated rings. The Morgan fingerprint density at radius 3 is 0.750 bits per heavy atom. The largest absolute Gasteiger partial charge is 0.412 e. The Bertz CT molecular complexity index is 6.00. The monoisotopic (exact) mass is 95.0 g/mol. The molecule has 4 heteroatoms. The smallest absolute Gasteiger partial charge is 0 e. The summed E-state index contributed by atoms with van der Waals surface area (Å²) in [6.45, 7) is 0. The molecule has 0 aromatic heterocycles. The van der Waals surface area contributed by atoms with Crippen molar-refractivity contribution < 1.29 is 22.5 Å². The maximum atomic E-state index is 0. The Kier molecular flexibility index (Phi) is 249. The molecule has 0 spiro atoms. The maximum absolute atomic E-state index is 0. The Morgan fingerprint density at radius 2 is 0.750 bits per heavy atom. The summed E-state index contributed by atoms with van der Waals surface area (Å²) in [4.78, 5) is 0. The maximum Gasteiger partial charge on any atom is 0 e. The summed E-state index contributed by atoms with van der Waals surface area (Å²) in [5.41, 5.74) is 0. The second kappa shape index (κ2) is 22.5. The predicted molar refractivity (Wildman–Crippen MR) is 15.1 cm³/mol. The van der Waals surface area contributed by atoms with E-state index >= 15 is 0 Å². The van der Waals surface area contributed by atoms with Crippen LogP contribution in [0.3, 0.4) is 0 Å². The number of rotatable bonds is 0. The summed E-state index contributed by atoms with van der Waals surface area (Å²) in [5, 5.41) is 0. The summed E-state index contributed by atoms with van der Waals surface area (Å²) in [6, 6.07) is 0. The summed E-state index contributed by atoms with van der Waals surface area (Å²) in [6.07, 6.45) is 0. The Labute approximate surface area is 60.0 Å². The number of hydrogen-bond acceptors (Lipinski definition) is 0. The van der Waals surface area contributed by atoms with Gasteiger partial charge in [0.1, 0.15) is 0 Å². The van der Waals surface area contributed by atoms with Crippen molar-refractivity contribution in [1.29, 1.82) is 0 Å². The molecule has 0 rings (SSSR count). The Morgan fingerprint density at radius 1 is 0.750 bits per heavy atom. The third kappa shape index (κ3) is 9.37. The quantitative estimate of drug-likeness (QED) is 0.325. The molecule has 21 valence electrons. The van der Waals surface area contributed by atoms with Crippen LogP contribution in [0.1, 0.15) is 0 Å². The van der Waals surface area contributed by atoms with Gasteiger partial charge in [-0.15, -0.1) is 0 Å². The minimum atomic E-state index is 0. The molecule has 0 amide bonds. The van der Waals surface area contributed by atoms with Crippen molar-refractivity contribution in [1.82, 2.24) is 0 Å². The van der Waals surface area contributed by atoms with Gasteiger partial charge in [-0.2, -0.15) is 0 Å². The minimum Gasteiger partial charge on any atom is -0.412 e. The second-order valence-corrected chi connectivity index (χ2v) is 0. The van der Waals surface area contributed by atoms with Crippen molar-refractivity contribution >= 4 is 37.7 Å². The molecule has 1 nitrogen and oxygen atoms in total. The van der Waals surface area contributed by atoms with Crippen LogP contribution in [0.4, 0.5) is 0 Å². The van der Waals surface area contributed by atoms with Crippen LogP contribution < -0.4 is 0 Å². The molecular weight excluding hydrogens is 93.4 g/mol. The third-order valence-electron chi connectivity index (χ3n) is 0. The van der Waals surface area contributed by atoms with Gasteiger partial charge in [0.05, 0.1) is 0 Å². The zero-order valence-electron chi connectivity index (χ0n) is 2.80. The topological polar surface area (TPSA) is 31.5 Å². The van der Waals surface area contributed by atoms with E-state index in [1.807, 2.05) is 0 Å². The van der Waals surface area contributed by atoms with Crippen molar-refractivity contribution in [2.75, 3.05) is 0 Å². The second-order valence-electron chi connectivity index (χ2n) is 0. The molecule has 0 aliphatic carbocycles. The van der Waals surface area contributed by atoms with Gasteiger partial charge in [-0.3, -0.25) is 0 Å². The van der Waals surface area contributed by atoms with Crippen molar-refractivity contribution in [3.8, 4) is 0 Å². The first kappa shape index (κ1) is 44.2. The zero-order valence-corrected chi connectivity index (χ0v) is 3.74. The zero-order chi connectivity index (χ0) is 0. The van der Waals surface area contributed by atoms with E-state index in [4.69, 9.17) is 0 Å². The SMILES string of the molecule is O.[Cu].[Li].[Li]. The molecule has 0 aliphatic rings. The van der Waals surface area contributed by atoms with E-state index in [9.17, 15) is 0 Å². The van der Waals surface area contributed by atoms with Gasteiger partial charge in [-0.1, -0.05) is 0 Å². The van der Waals surface area contributed by atoms with Crippen LogP contribution in [0.15, 0.2) is 0 Å². The summed E-state index contributed by atoms with van der Waals surface area (Å²) >= 11 is 0. The average molecular weight is 95.4 g/mol. The van der Waals surface area contributed by atoms with Crippen LogP contribution in [0, 0.1) is 0 Å². The van der Waals surface area contributed by atoms with E-state index in [-0.39, 0.29) is 60.3 Å². The summed E-state index contributed by atoms with van der Waals surface area (Å²) < 4.78 is 0. The van der Waals surface area contributed by atoms with Crippen molar-refractivity contribution in [3.63, 3.8) is 0 Å². The van der Waals surface area contributed by atoms with Gasteiger partial charge in [-0.05, 0) is 0 Å². The summed E-state index contributed by atoms with van der Waals surface area (Å²) in [7, 11) is 0. The van der Waals surface area contributed by atoms with Gasteiger partial charge in [0.15, 0.2) is 0 Å². The fourth-order valence-corrected chi connectivity index (χ4v) is 0. The Hall–Kier alpha value is 1.67. The Balaban J connectivity index is 0. The first-order valence-corrected chi connectivity index (χ1v) is 0. The molecule has 0 aromatic carbocycles. The van der Waals surface area contributed by atoms with Crippen molar-refractivity contribution in [2.24, 2.45) is 0 Å². The van der Waals surface area contributed by atoms with Gasteiger partial charge in [0.25, 0.3) is 0 Å². The first-order valence-electron chi connectivity index (χ1n) is 0. The van der Waals surface area contributed by atoms with Gasteiger partial charge < -0.3 is 5.48 Å². The van der Waals surface area contributed by atoms with Crippen LogP contribution in [0.2, 0.25) is 0 Å². The molecule has 0 aliphatic heterocycles. The van der Waals surface area contributed by atoms with Crippen LogP contribution >= 0.6 is 0 Å². The molecule has 3 radical (unpaired) electrons. The van der Waals surface area contributed by atoms with E-state index < -0.39 is 0 Å². The predicted octanol–water partition coefficient (Wildman–Crippen LogP) is -1.59. The van der Waals surface area contributed by atoms with Gasteiger partial charge in [0, 0.05) is 54.8 Å². The van der Waals surface area contributed by atoms with Crippen LogP contribution in [-0.4, -0.2) is 43.2 Å². The van der Waals surface area contributed by atoms with Crippen molar-refractivity contribution in [3.05, 3.63) is 0 Å². The number of hydrogen-bond donors (Lipinski definition) is 0. The van der Waals surface area contributed by atoms with Crippen LogP contribution in [-0.2, 0) is 17.1 Å². The van der Waals surface area contributed by atoms with E-state index in [0.29, 0.717) is 0 Å². The fourth-order valence-electron chi connectivity index (χ4n) is 0. The molecule has 0 atom stereocenters. The first-order chi connectivity index (χ1) is 0. The molecule has 0 unspecified atom stereocenters. The molecule has 0 saturated carbocycles. The standard InChI is InChI=1S/Cu.2Li.H2O/h;;;1H2. The molecule has 0 heterocycles. The van der Waals surface area contributed by atoms with Crippen LogP contribution in [0.25, 0.3) is 0 Å². The molecule has 4 heavy (non-hydrogen) atoms. The van der Waals surface area contributed by atoms with E-state index in [1.54, 1.807) is 0 Å². The van der Waals surface area contributed by atoms with E-state index in [0.717, 1.165) is 0 Å². The molecular formula is H2CuLi2O. The normalized spacial score (nSPS) is 0. The van der Waals surface area contributed by atoms with Crippen LogP contribution in [0.5, 0.6) is 0 Å². The molecule has 0 bridgehead atoms. The fraction of sp³-hybridized carbons (Fsp3) is 0. The van der Waals surface area contributed by atoms with Gasteiger partial charge in [-0.25, -0.2) is 0 Å². The van der Waals surface area contributed by atoms with Gasteiger partial charge in [0.2, 0.25) is 0 Å².